The molecular formula is C22H21NO3. The molecule has 4 rings (SSSR count). The van der Waals surface area contributed by atoms with E-state index in [1.54, 1.807) is 12.4 Å². The summed E-state index contributed by atoms with van der Waals surface area (Å²) in [5.41, 5.74) is 5.87. The zero-order chi connectivity index (χ0) is 17.9. The number of benzene rings is 2. The highest BCUT2D eigenvalue weighted by Crippen LogP contribution is 2.44. The molecule has 0 unspecified atom stereocenters. The average Bonchev–Trinajstić information content (AvgIpc) is 3.28. The summed E-state index contributed by atoms with van der Waals surface area (Å²) in [6, 6.07) is 18.5. The minimum Gasteiger partial charge on any atom is -0.448 e. The molecule has 0 amide bonds. The van der Waals surface area contributed by atoms with Crippen LogP contribution in [-0.4, -0.2) is 29.0 Å². The van der Waals surface area contributed by atoms with Crippen molar-refractivity contribution in [2.45, 2.75) is 18.8 Å². The molecule has 0 bridgehead atoms. The summed E-state index contributed by atoms with van der Waals surface area (Å²) < 4.78 is 7.09. The third-order valence-electron chi connectivity index (χ3n) is 4.92. The van der Waals surface area contributed by atoms with Crippen molar-refractivity contribution in [3.8, 4) is 11.1 Å². The number of aromatic nitrogens is 1. The number of aliphatic hydroxyl groups excluding tert-OH is 1. The van der Waals surface area contributed by atoms with E-state index in [2.05, 4.69) is 24.3 Å². The molecular weight excluding hydrogens is 326 g/mol. The topological polar surface area (TPSA) is 51.5 Å². The first-order chi connectivity index (χ1) is 12.8. The molecule has 2 aromatic carbocycles. The fraction of sp³-hybridized carbons (Fsp3) is 0.227. The van der Waals surface area contributed by atoms with Crippen molar-refractivity contribution < 1.29 is 14.6 Å². The van der Waals surface area contributed by atoms with E-state index >= 15 is 0 Å². The third kappa shape index (κ3) is 3.04. The van der Waals surface area contributed by atoms with E-state index in [-0.39, 0.29) is 18.6 Å². The maximum atomic E-state index is 12.4. The number of ether oxygens (including phenoxy) is 1. The molecule has 1 aliphatic carbocycles. The van der Waals surface area contributed by atoms with Crippen molar-refractivity contribution >= 4 is 6.09 Å². The van der Waals surface area contributed by atoms with Gasteiger partial charge in [-0.05, 0) is 46.7 Å². The van der Waals surface area contributed by atoms with Gasteiger partial charge in [-0.3, -0.25) is 4.57 Å². The molecule has 1 aromatic heterocycles. The number of carbonyl (C=O) groups is 1. The predicted octanol–water partition coefficient (Wildman–Crippen LogP) is 4.21. The first-order valence-electron chi connectivity index (χ1n) is 8.91. The van der Waals surface area contributed by atoms with Crippen molar-refractivity contribution in [1.29, 1.82) is 0 Å². The van der Waals surface area contributed by atoms with Gasteiger partial charge < -0.3 is 9.84 Å². The van der Waals surface area contributed by atoms with Crippen molar-refractivity contribution in [2.75, 3.05) is 13.2 Å². The quantitative estimate of drug-likeness (QED) is 0.752. The maximum absolute atomic E-state index is 12.4. The molecule has 0 saturated carbocycles. The van der Waals surface area contributed by atoms with Gasteiger partial charge in [-0.1, -0.05) is 48.5 Å². The lowest BCUT2D eigenvalue weighted by atomic mass is 9.98. The highest BCUT2D eigenvalue weighted by molar-refractivity contribution is 5.79. The molecule has 1 N–H and O–H groups in total. The Bertz CT molecular complexity index is 883. The van der Waals surface area contributed by atoms with Crippen LogP contribution in [0, 0.1) is 0 Å². The summed E-state index contributed by atoms with van der Waals surface area (Å²) >= 11 is 0. The smallest absolute Gasteiger partial charge is 0.417 e. The second kappa shape index (κ2) is 7.18. The fourth-order valence-corrected chi connectivity index (χ4v) is 3.65. The van der Waals surface area contributed by atoms with Gasteiger partial charge >= 0.3 is 6.09 Å². The van der Waals surface area contributed by atoms with Gasteiger partial charge in [-0.15, -0.1) is 0 Å². The Labute approximate surface area is 152 Å². The lowest BCUT2D eigenvalue weighted by Gasteiger charge is -2.14. The van der Waals surface area contributed by atoms with E-state index < -0.39 is 0 Å². The average molecular weight is 347 g/mol. The number of hydrogen-bond acceptors (Lipinski definition) is 3. The second-order valence-corrected chi connectivity index (χ2v) is 6.56. The molecule has 4 heteroatoms. The van der Waals surface area contributed by atoms with Crippen molar-refractivity contribution in [3.63, 3.8) is 0 Å². The molecule has 0 spiro atoms. The Morgan fingerprint density at radius 3 is 2.31 bits per heavy atom. The van der Waals surface area contributed by atoms with Gasteiger partial charge in [0.1, 0.15) is 6.61 Å². The van der Waals surface area contributed by atoms with E-state index in [0.717, 1.165) is 12.0 Å². The summed E-state index contributed by atoms with van der Waals surface area (Å²) in [5.74, 6) is 0.0655. The molecule has 0 aliphatic heterocycles. The Morgan fingerprint density at radius 2 is 1.65 bits per heavy atom. The van der Waals surface area contributed by atoms with E-state index in [1.807, 2.05) is 30.3 Å². The Hall–Kier alpha value is -2.85. The molecule has 132 valence electrons. The zero-order valence-corrected chi connectivity index (χ0v) is 14.5. The normalized spacial score (nSPS) is 12.7. The summed E-state index contributed by atoms with van der Waals surface area (Å²) in [5, 5.41) is 8.91. The van der Waals surface area contributed by atoms with Crippen molar-refractivity contribution in [2.24, 2.45) is 0 Å². The van der Waals surface area contributed by atoms with Crippen LogP contribution in [-0.2, 0) is 11.2 Å². The monoisotopic (exact) mass is 347 g/mol. The van der Waals surface area contributed by atoms with Gasteiger partial charge in [0.2, 0.25) is 0 Å². The molecule has 26 heavy (non-hydrogen) atoms. The molecule has 0 saturated heterocycles. The molecule has 0 fully saturated rings. The second-order valence-electron chi connectivity index (χ2n) is 6.56. The third-order valence-corrected chi connectivity index (χ3v) is 4.92. The van der Waals surface area contributed by atoms with Gasteiger partial charge in [0.05, 0.1) is 0 Å². The van der Waals surface area contributed by atoms with Crippen LogP contribution in [0.2, 0.25) is 0 Å². The molecule has 1 aliphatic rings. The van der Waals surface area contributed by atoms with Crippen LogP contribution in [0.3, 0.4) is 0 Å². The van der Waals surface area contributed by atoms with Crippen LogP contribution >= 0.6 is 0 Å². The Kier molecular flexibility index (Phi) is 4.59. The molecule has 3 aromatic rings. The minimum atomic E-state index is -0.373. The molecule has 4 nitrogen and oxygen atoms in total. The fourth-order valence-electron chi connectivity index (χ4n) is 3.65. The first kappa shape index (κ1) is 16.6. The molecule has 0 atom stereocenters. The standard InChI is InChI=1S/C22H21NO3/c24-13-5-6-16-11-12-23(14-16)22(25)26-15-21-19-9-3-1-7-17(19)18-8-2-4-10-20(18)21/h1-4,7-12,14,21,24H,5-6,13,15H2. The van der Waals surface area contributed by atoms with E-state index in [9.17, 15) is 4.79 Å². The van der Waals surface area contributed by atoms with Crippen LogP contribution in [0.5, 0.6) is 0 Å². The lowest BCUT2D eigenvalue weighted by Crippen LogP contribution is -2.16. The van der Waals surface area contributed by atoms with E-state index in [1.165, 1.54) is 26.8 Å². The van der Waals surface area contributed by atoms with Crippen LogP contribution in [0.4, 0.5) is 4.79 Å². The minimum absolute atomic E-state index is 0.0655. The van der Waals surface area contributed by atoms with Crippen LogP contribution in [0.1, 0.15) is 29.0 Å². The largest absolute Gasteiger partial charge is 0.448 e. The number of aryl methyl sites for hydroxylation is 1. The first-order valence-corrected chi connectivity index (χ1v) is 8.91. The van der Waals surface area contributed by atoms with Gasteiger partial charge in [-0.2, -0.15) is 0 Å². The number of rotatable bonds is 5. The van der Waals surface area contributed by atoms with Crippen molar-refractivity contribution in [3.05, 3.63) is 83.7 Å². The van der Waals surface area contributed by atoms with Gasteiger partial charge in [0.15, 0.2) is 0 Å². The summed E-state index contributed by atoms with van der Waals surface area (Å²) in [7, 11) is 0. The SMILES string of the molecule is O=C(OCC1c2ccccc2-c2ccccc21)n1ccc(CCCO)c1. The summed E-state index contributed by atoms with van der Waals surface area (Å²) in [6.07, 6.45) is 4.55. The van der Waals surface area contributed by atoms with Crippen LogP contribution < -0.4 is 0 Å². The van der Waals surface area contributed by atoms with Crippen LogP contribution in [0.25, 0.3) is 11.1 Å². The van der Waals surface area contributed by atoms with E-state index in [0.29, 0.717) is 13.0 Å². The van der Waals surface area contributed by atoms with E-state index in [4.69, 9.17) is 9.84 Å². The highest BCUT2D eigenvalue weighted by atomic mass is 16.5. The number of nitrogens with zero attached hydrogens (tertiary/aromatic N) is 1. The Balaban J connectivity index is 1.49. The predicted molar refractivity (Wildman–Crippen MR) is 100 cm³/mol. The van der Waals surface area contributed by atoms with Crippen LogP contribution in [0.15, 0.2) is 67.0 Å². The highest BCUT2D eigenvalue weighted by Gasteiger charge is 2.29. The maximum Gasteiger partial charge on any atom is 0.417 e. The molecule has 1 heterocycles. The van der Waals surface area contributed by atoms with Gasteiger partial charge in [0.25, 0.3) is 0 Å². The Morgan fingerprint density at radius 1 is 1.00 bits per heavy atom. The van der Waals surface area contributed by atoms with Gasteiger partial charge in [-0.25, -0.2) is 4.79 Å². The molecule has 0 radical (unpaired) electrons. The summed E-state index contributed by atoms with van der Waals surface area (Å²) in [4.78, 5) is 12.4. The lowest BCUT2D eigenvalue weighted by molar-refractivity contribution is 0.144. The van der Waals surface area contributed by atoms with Gasteiger partial charge in [0, 0.05) is 24.9 Å². The zero-order valence-electron chi connectivity index (χ0n) is 14.5. The summed E-state index contributed by atoms with van der Waals surface area (Å²) in [6.45, 7) is 0.465. The van der Waals surface area contributed by atoms with Crippen molar-refractivity contribution in [1.82, 2.24) is 4.57 Å². The number of hydrogen-bond donors (Lipinski definition) is 1. The number of fused-ring (bicyclic) bond motifs is 3. The number of carbonyl (C=O) groups excluding carboxylic acids is 1. The number of aliphatic hydroxyl groups is 1.